The lowest BCUT2D eigenvalue weighted by molar-refractivity contribution is 0.245. The standard InChI is InChI=1S/C17H19ClFN5O2/c1-2-8-3-10(4-9-5-15(25)23-24-16(8)9)21-17(26)22-14-6-11(18)13(20)7-12(14)19/h5-8,10H,2-4,20H2,1H3,(H,23,25)(H2,21,22,26). The molecule has 3 rings (SSSR count). The number of fused-ring (bicyclic) bond motifs is 1. The summed E-state index contributed by atoms with van der Waals surface area (Å²) in [7, 11) is 0. The van der Waals surface area contributed by atoms with Crippen molar-refractivity contribution >= 4 is 29.0 Å². The van der Waals surface area contributed by atoms with Gasteiger partial charge in [-0.1, -0.05) is 18.5 Å². The first kappa shape index (κ1) is 18.2. The van der Waals surface area contributed by atoms with E-state index in [4.69, 9.17) is 17.3 Å². The van der Waals surface area contributed by atoms with E-state index in [1.54, 1.807) is 0 Å². The molecule has 2 amide bonds. The number of carbonyl (C=O) groups is 1. The Hall–Kier alpha value is -2.61. The molecule has 0 aliphatic heterocycles. The molecule has 138 valence electrons. The van der Waals surface area contributed by atoms with Gasteiger partial charge in [0.2, 0.25) is 0 Å². The molecule has 9 heteroatoms. The van der Waals surface area contributed by atoms with Crippen LogP contribution in [0.5, 0.6) is 0 Å². The van der Waals surface area contributed by atoms with Crippen LogP contribution in [0.3, 0.4) is 0 Å². The van der Waals surface area contributed by atoms with Crippen LogP contribution in [0, 0.1) is 5.82 Å². The average molecular weight is 380 g/mol. The fourth-order valence-corrected chi connectivity index (χ4v) is 3.41. The Kier molecular flexibility index (Phi) is 5.13. The minimum Gasteiger partial charge on any atom is -0.397 e. The van der Waals surface area contributed by atoms with Crippen molar-refractivity contribution in [2.24, 2.45) is 0 Å². The topological polar surface area (TPSA) is 113 Å². The van der Waals surface area contributed by atoms with Crippen LogP contribution in [0.15, 0.2) is 23.0 Å². The number of benzene rings is 1. The van der Waals surface area contributed by atoms with Crippen LogP contribution in [0.4, 0.5) is 20.6 Å². The predicted octanol–water partition coefficient (Wildman–Crippen LogP) is 2.77. The number of halogens is 2. The third kappa shape index (κ3) is 3.80. The van der Waals surface area contributed by atoms with E-state index < -0.39 is 11.8 Å². The van der Waals surface area contributed by atoms with E-state index in [1.165, 1.54) is 12.1 Å². The highest BCUT2D eigenvalue weighted by Crippen LogP contribution is 2.31. The summed E-state index contributed by atoms with van der Waals surface area (Å²) in [4.78, 5) is 23.8. The predicted molar refractivity (Wildman–Crippen MR) is 98.0 cm³/mol. The van der Waals surface area contributed by atoms with Gasteiger partial charge in [-0.2, -0.15) is 5.10 Å². The Morgan fingerprint density at radius 3 is 2.96 bits per heavy atom. The SMILES string of the molecule is CCC1CC(NC(=O)Nc2cc(Cl)c(N)cc2F)Cc2cc(=O)[nH]nc21. The van der Waals surface area contributed by atoms with Gasteiger partial charge >= 0.3 is 6.03 Å². The molecule has 1 aliphatic rings. The van der Waals surface area contributed by atoms with Crippen molar-refractivity contribution < 1.29 is 9.18 Å². The van der Waals surface area contributed by atoms with E-state index in [0.717, 1.165) is 23.7 Å². The Bertz CT molecular complexity index is 901. The number of urea groups is 1. The van der Waals surface area contributed by atoms with Crippen molar-refractivity contribution in [1.82, 2.24) is 15.5 Å². The molecular formula is C17H19ClFN5O2. The minimum absolute atomic E-state index is 0.0527. The zero-order chi connectivity index (χ0) is 18.8. The van der Waals surface area contributed by atoms with Crippen molar-refractivity contribution in [3.05, 3.63) is 50.7 Å². The van der Waals surface area contributed by atoms with E-state index in [1.807, 2.05) is 6.92 Å². The molecule has 1 aromatic carbocycles. The van der Waals surface area contributed by atoms with Gasteiger partial charge in [-0.05, 0) is 30.9 Å². The number of H-pyrrole nitrogens is 1. The van der Waals surface area contributed by atoms with E-state index in [2.05, 4.69) is 20.8 Å². The second-order valence-corrected chi connectivity index (χ2v) is 6.74. The molecular weight excluding hydrogens is 361 g/mol. The minimum atomic E-state index is -0.668. The van der Waals surface area contributed by atoms with Crippen molar-refractivity contribution in [2.45, 2.75) is 38.1 Å². The summed E-state index contributed by atoms with van der Waals surface area (Å²) in [5.74, 6) is -0.540. The van der Waals surface area contributed by atoms with Gasteiger partial charge in [-0.15, -0.1) is 0 Å². The number of carbonyl (C=O) groups excluding carboxylic acids is 1. The zero-order valence-corrected chi connectivity index (χ0v) is 14.9. The van der Waals surface area contributed by atoms with Crippen LogP contribution in [-0.4, -0.2) is 22.3 Å². The fraction of sp³-hybridized carbons (Fsp3) is 0.353. The van der Waals surface area contributed by atoms with Crippen molar-refractivity contribution in [1.29, 1.82) is 0 Å². The number of rotatable bonds is 3. The second kappa shape index (κ2) is 7.33. The molecule has 0 radical (unpaired) electrons. The highest BCUT2D eigenvalue weighted by molar-refractivity contribution is 6.33. The van der Waals surface area contributed by atoms with E-state index in [-0.39, 0.29) is 33.9 Å². The monoisotopic (exact) mass is 379 g/mol. The van der Waals surface area contributed by atoms with Crippen molar-refractivity contribution in [3.8, 4) is 0 Å². The van der Waals surface area contributed by atoms with Gasteiger partial charge in [0.15, 0.2) is 0 Å². The molecule has 1 heterocycles. The second-order valence-electron chi connectivity index (χ2n) is 6.34. The summed E-state index contributed by atoms with van der Waals surface area (Å²) >= 11 is 5.87. The number of nitrogens with zero attached hydrogens (tertiary/aromatic N) is 1. The third-order valence-electron chi connectivity index (χ3n) is 4.51. The van der Waals surface area contributed by atoms with E-state index in [9.17, 15) is 14.0 Å². The van der Waals surface area contributed by atoms with Gasteiger partial charge in [-0.25, -0.2) is 14.3 Å². The largest absolute Gasteiger partial charge is 0.397 e. The molecule has 0 fully saturated rings. The molecule has 2 atom stereocenters. The summed E-state index contributed by atoms with van der Waals surface area (Å²) in [6.45, 7) is 2.02. The highest BCUT2D eigenvalue weighted by Gasteiger charge is 2.28. The van der Waals surface area contributed by atoms with Crippen molar-refractivity contribution in [3.63, 3.8) is 0 Å². The van der Waals surface area contributed by atoms with Crippen LogP contribution in [0.1, 0.15) is 36.9 Å². The summed E-state index contributed by atoms with van der Waals surface area (Å²) in [6, 6.07) is 3.09. The molecule has 1 aliphatic carbocycles. The molecule has 5 N–H and O–H groups in total. The fourth-order valence-electron chi connectivity index (χ4n) is 3.24. The van der Waals surface area contributed by atoms with Crippen LogP contribution in [0.25, 0.3) is 0 Å². The van der Waals surface area contributed by atoms with Crippen LogP contribution in [-0.2, 0) is 6.42 Å². The highest BCUT2D eigenvalue weighted by atomic mass is 35.5. The third-order valence-corrected chi connectivity index (χ3v) is 4.83. The zero-order valence-electron chi connectivity index (χ0n) is 14.1. The van der Waals surface area contributed by atoms with Crippen LogP contribution in [0.2, 0.25) is 5.02 Å². The Morgan fingerprint density at radius 2 is 2.23 bits per heavy atom. The molecule has 0 spiro atoms. The van der Waals surface area contributed by atoms with Crippen molar-refractivity contribution in [2.75, 3.05) is 11.1 Å². The lowest BCUT2D eigenvalue weighted by Crippen LogP contribution is -2.43. The summed E-state index contributed by atoms with van der Waals surface area (Å²) < 4.78 is 13.9. The number of amides is 2. The van der Waals surface area contributed by atoms with E-state index in [0.29, 0.717) is 12.8 Å². The maximum atomic E-state index is 13.9. The number of nitrogens with one attached hydrogen (secondary N) is 3. The van der Waals surface area contributed by atoms with E-state index >= 15 is 0 Å². The average Bonchev–Trinajstić information content (AvgIpc) is 2.58. The molecule has 0 bridgehead atoms. The molecule has 1 aromatic heterocycles. The van der Waals surface area contributed by atoms with Gasteiger partial charge in [0.05, 0.1) is 22.1 Å². The van der Waals surface area contributed by atoms with Gasteiger partial charge < -0.3 is 16.4 Å². The number of anilines is 2. The van der Waals surface area contributed by atoms with Crippen LogP contribution < -0.4 is 21.9 Å². The molecule has 0 saturated carbocycles. The van der Waals surface area contributed by atoms with Gasteiger partial charge in [-0.3, -0.25) is 4.79 Å². The number of nitrogens with two attached hydrogens (primary N) is 1. The first-order chi connectivity index (χ1) is 12.4. The molecule has 7 nitrogen and oxygen atoms in total. The normalized spacial score (nSPS) is 18.9. The van der Waals surface area contributed by atoms with Gasteiger partial charge in [0.25, 0.3) is 5.56 Å². The number of nitrogen functional groups attached to an aromatic ring is 1. The van der Waals surface area contributed by atoms with Gasteiger partial charge in [0.1, 0.15) is 5.82 Å². The molecule has 2 aromatic rings. The number of aromatic amines is 1. The summed E-state index contributed by atoms with van der Waals surface area (Å²) in [5.41, 5.74) is 6.98. The van der Waals surface area contributed by atoms with Gasteiger partial charge in [0, 0.05) is 24.1 Å². The lowest BCUT2D eigenvalue weighted by Gasteiger charge is -2.30. The Morgan fingerprint density at radius 1 is 1.46 bits per heavy atom. The number of hydrogen-bond acceptors (Lipinski definition) is 4. The number of hydrogen-bond donors (Lipinski definition) is 4. The number of aromatic nitrogens is 2. The Labute approximate surface area is 154 Å². The maximum Gasteiger partial charge on any atom is 0.319 e. The quantitative estimate of drug-likeness (QED) is 0.614. The molecule has 2 unspecified atom stereocenters. The lowest BCUT2D eigenvalue weighted by atomic mass is 9.82. The Balaban J connectivity index is 1.72. The van der Waals surface area contributed by atoms with Crippen LogP contribution >= 0.6 is 11.6 Å². The first-order valence-corrected chi connectivity index (χ1v) is 8.65. The molecule has 26 heavy (non-hydrogen) atoms. The first-order valence-electron chi connectivity index (χ1n) is 8.28. The summed E-state index contributed by atoms with van der Waals surface area (Å²) in [5, 5.41) is 12.0. The smallest absolute Gasteiger partial charge is 0.319 e. The summed E-state index contributed by atoms with van der Waals surface area (Å²) in [6.07, 6.45) is 2.00. The molecule has 0 saturated heterocycles. The maximum absolute atomic E-state index is 13.9.